The molecule has 1 amide bonds. The second-order valence-electron chi connectivity index (χ2n) is 6.49. The number of anilines is 2. The van der Waals surface area contributed by atoms with Crippen molar-refractivity contribution in [2.75, 3.05) is 29.0 Å². The highest BCUT2D eigenvalue weighted by Crippen LogP contribution is 2.25. The van der Waals surface area contributed by atoms with E-state index in [4.69, 9.17) is 4.74 Å². The molecule has 0 aliphatic rings. The van der Waals surface area contributed by atoms with Gasteiger partial charge in [0.1, 0.15) is 12.3 Å². The monoisotopic (exact) mass is 390 g/mol. The lowest BCUT2D eigenvalue weighted by molar-refractivity contribution is -0.114. The molecule has 6 nitrogen and oxygen atoms in total. The molecule has 0 aliphatic carbocycles. The summed E-state index contributed by atoms with van der Waals surface area (Å²) in [6.07, 6.45) is 1.08. The maximum atomic E-state index is 12.5. The van der Waals surface area contributed by atoms with Gasteiger partial charge in [-0.1, -0.05) is 32.0 Å². The number of hydrogen-bond acceptors (Lipinski definition) is 4. The summed E-state index contributed by atoms with van der Waals surface area (Å²) in [5, 5.41) is 2.83. The molecule has 2 aromatic rings. The topological polar surface area (TPSA) is 75.7 Å². The number of nitrogens with one attached hydrogen (secondary N) is 1. The summed E-state index contributed by atoms with van der Waals surface area (Å²) in [5.41, 5.74) is 2.10. The number of carbonyl (C=O) groups is 1. The molecule has 0 heterocycles. The number of para-hydroxylation sites is 1. The maximum Gasteiger partial charge on any atom is 0.245 e. The molecule has 2 aromatic carbocycles. The summed E-state index contributed by atoms with van der Waals surface area (Å²) in [6, 6.07) is 14.1. The Morgan fingerprint density at radius 1 is 1.11 bits per heavy atom. The zero-order chi connectivity index (χ0) is 20.0. The van der Waals surface area contributed by atoms with Crippen LogP contribution in [0.25, 0.3) is 0 Å². The summed E-state index contributed by atoms with van der Waals surface area (Å²) >= 11 is 0. The lowest BCUT2D eigenvalue weighted by atomic mass is 10.0. The van der Waals surface area contributed by atoms with Gasteiger partial charge in [0.2, 0.25) is 15.9 Å². The first kappa shape index (κ1) is 20.8. The summed E-state index contributed by atoms with van der Waals surface area (Å²) in [6.45, 7) is 6.16. The highest BCUT2D eigenvalue weighted by atomic mass is 32.2. The highest BCUT2D eigenvalue weighted by molar-refractivity contribution is 7.92. The van der Waals surface area contributed by atoms with Crippen molar-refractivity contribution < 1.29 is 17.9 Å². The molecule has 0 spiro atoms. The standard InChI is InChI=1S/C20H26N2O4S/c1-5-26-17-12-10-16(11-13-17)22(27(4,24)25)14-20(23)21-19-9-7-6-8-18(19)15(2)3/h6-13,15H,5,14H2,1-4H3,(H,21,23). The Morgan fingerprint density at radius 2 is 1.74 bits per heavy atom. The third-order valence-corrected chi connectivity index (χ3v) is 5.12. The van der Waals surface area contributed by atoms with Crippen LogP contribution in [-0.4, -0.2) is 33.7 Å². The Bertz CT molecular complexity index is 877. The van der Waals surface area contributed by atoms with Gasteiger partial charge in [0.15, 0.2) is 0 Å². The van der Waals surface area contributed by atoms with Crippen molar-refractivity contribution in [1.82, 2.24) is 0 Å². The van der Waals surface area contributed by atoms with Gasteiger partial charge in [-0.2, -0.15) is 0 Å². The van der Waals surface area contributed by atoms with Gasteiger partial charge in [0.05, 0.1) is 18.6 Å². The fourth-order valence-electron chi connectivity index (χ4n) is 2.71. The maximum absolute atomic E-state index is 12.5. The largest absolute Gasteiger partial charge is 0.494 e. The predicted octanol–water partition coefficient (Wildman–Crippen LogP) is 3.61. The number of sulfonamides is 1. The molecular formula is C20H26N2O4S. The van der Waals surface area contributed by atoms with E-state index in [2.05, 4.69) is 5.32 Å². The van der Waals surface area contributed by atoms with Crippen molar-refractivity contribution in [2.45, 2.75) is 26.7 Å². The van der Waals surface area contributed by atoms with E-state index in [1.54, 1.807) is 24.3 Å². The summed E-state index contributed by atoms with van der Waals surface area (Å²) in [7, 11) is -3.63. The molecule has 27 heavy (non-hydrogen) atoms. The number of amides is 1. The molecule has 2 rings (SSSR count). The van der Waals surface area contributed by atoms with Crippen molar-refractivity contribution in [2.24, 2.45) is 0 Å². The zero-order valence-corrected chi connectivity index (χ0v) is 16.9. The van der Waals surface area contributed by atoms with Crippen LogP contribution in [0.2, 0.25) is 0 Å². The first-order valence-corrected chi connectivity index (χ1v) is 10.7. The van der Waals surface area contributed by atoms with Gasteiger partial charge < -0.3 is 10.1 Å². The Labute approximate surface area is 161 Å². The fourth-order valence-corrected chi connectivity index (χ4v) is 3.57. The molecule has 0 aromatic heterocycles. The number of ether oxygens (including phenoxy) is 1. The van der Waals surface area contributed by atoms with Crippen LogP contribution < -0.4 is 14.4 Å². The molecule has 0 aliphatic heterocycles. The van der Waals surface area contributed by atoms with E-state index in [1.807, 2.05) is 45.0 Å². The minimum absolute atomic E-state index is 0.235. The van der Waals surface area contributed by atoms with Crippen LogP contribution in [0.4, 0.5) is 11.4 Å². The van der Waals surface area contributed by atoms with Gasteiger partial charge in [0.25, 0.3) is 0 Å². The average molecular weight is 391 g/mol. The fraction of sp³-hybridized carbons (Fsp3) is 0.350. The molecular weight excluding hydrogens is 364 g/mol. The summed E-state index contributed by atoms with van der Waals surface area (Å²) in [5.74, 6) is 0.478. The van der Waals surface area contributed by atoms with Crippen LogP contribution in [0.3, 0.4) is 0 Å². The third-order valence-electron chi connectivity index (χ3n) is 3.98. The van der Waals surface area contributed by atoms with Crippen LogP contribution >= 0.6 is 0 Å². The van der Waals surface area contributed by atoms with Crippen LogP contribution in [0, 0.1) is 0 Å². The lowest BCUT2D eigenvalue weighted by Crippen LogP contribution is -2.37. The second kappa shape index (κ2) is 8.90. The van der Waals surface area contributed by atoms with E-state index in [0.29, 0.717) is 23.7 Å². The number of benzene rings is 2. The molecule has 0 fully saturated rings. The number of carbonyl (C=O) groups excluding carboxylic acids is 1. The van der Waals surface area contributed by atoms with E-state index >= 15 is 0 Å². The molecule has 0 saturated heterocycles. The van der Waals surface area contributed by atoms with E-state index < -0.39 is 15.9 Å². The van der Waals surface area contributed by atoms with Crippen LogP contribution in [0.15, 0.2) is 48.5 Å². The molecule has 0 saturated carbocycles. The summed E-state index contributed by atoms with van der Waals surface area (Å²) in [4.78, 5) is 12.5. The predicted molar refractivity (Wildman–Crippen MR) is 109 cm³/mol. The van der Waals surface area contributed by atoms with Crippen molar-refractivity contribution in [1.29, 1.82) is 0 Å². The van der Waals surface area contributed by atoms with Crippen molar-refractivity contribution in [3.05, 3.63) is 54.1 Å². The molecule has 0 atom stereocenters. The van der Waals surface area contributed by atoms with E-state index in [9.17, 15) is 13.2 Å². The first-order chi connectivity index (χ1) is 12.7. The van der Waals surface area contributed by atoms with Crippen LogP contribution in [-0.2, 0) is 14.8 Å². The van der Waals surface area contributed by atoms with Gasteiger partial charge in [-0.25, -0.2) is 8.42 Å². The normalized spacial score (nSPS) is 11.3. The van der Waals surface area contributed by atoms with E-state index in [0.717, 1.165) is 16.1 Å². The summed E-state index contributed by atoms with van der Waals surface area (Å²) < 4.78 is 30.9. The smallest absolute Gasteiger partial charge is 0.245 e. The van der Waals surface area contributed by atoms with Gasteiger partial charge in [0, 0.05) is 5.69 Å². The van der Waals surface area contributed by atoms with Crippen molar-refractivity contribution in [3.8, 4) is 5.75 Å². The number of hydrogen-bond donors (Lipinski definition) is 1. The Morgan fingerprint density at radius 3 is 2.30 bits per heavy atom. The van der Waals surface area contributed by atoms with Gasteiger partial charge >= 0.3 is 0 Å². The van der Waals surface area contributed by atoms with Crippen LogP contribution in [0.1, 0.15) is 32.3 Å². The Hall–Kier alpha value is -2.54. The number of rotatable bonds is 8. The first-order valence-electron chi connectivity index (χ1n) is 8.81. The van der Waals surface area contributed by atoms with Gasteiger partial charge in [-0.15, -0.1) is 0 Å². The minimum atomic E-state index is -3.63. The van der Waals surface area contributed by atoms with E-state index in [-0.39, 0.29) is 12.5 Å². The molecule has 146 valence electrons. The Kier molecular flexibility index (Phi) is 6.85. The minimum Gasteiger partial charge on any atom is -0.494 e. The molecule has 7 heteroatoms. The molecule has 1 N–H and O–H groups in total. The Balaban J connectivity index is 2.21. The molecule has 0 bridgehead atoms. The second-order valence-corrected chi connectivity index (χ2v) is 8.39. The lowest BCUT2D eigenvalue weighted by Gasteiger charge is -2.22. The van der Waals surface area contributed by atoms with Crippen LogP contribution in [0.5, 0.6) is 5.75 Å². The number of nitrogens with zero attached hydrogens (tertiary/aromatic N) is 1. The van der Waals surface area contributed by atoms with E-state index in [1.165, 1.54) is 0 Å². The van der Waals surface area contributed by atoms with Crippen molar-refractivity contribution >= 4 is 27.3 Å². The third kappa shape index (κ3) is 5.72. The molecule has 0 radical (unpaired) electrons. The average Bonchev–Trinajstić information content (AvgIpc) is 2.60. The highest BCUT2D eigenvalue weighted by Gasteiger charge is 2.21. The SMILES string of the molecule is CCOc1ccc(N(CC(=O)Nc2ccccc2C(C)C)S(C)(=O)=O)cc1. The zero-order valence-electron chi connectivity index (χ0n) is 16.1. The van der Waals surface area contributed by atoms with Gasteiger partial charge in [-0.05, 0) is 48.7 Å². The van der Waals surface area contributed by atoms with Gasteiger partial charge in [-0.3, -0.25) is 9.10 Å². The molecule has 0 unspecified atom stereocenters. The quantitative estimate of drug-likeness (QED) is 0.747. The van der Waals surface area contributed by atoms with Crippen molar-refractivity contribution in [3.63, 3.8) is 0 Å².